The zero-order valence-electron chi connectivity index (χ0n) is 14.6. The van der Waals surface area contributed by atoms with Gasteiger partial charge < -0.3 is 4.90 Å². The van der Waals surface area contributed by atoms with E-state index in [-0.39, 0.29) is 11.9 Å². The Morgan fingerprint density at radius 1 is 1.25 bits per heavy atom. The molecule has 1 saturated heterocycles. The molecule has 0 radical (unpaired) electrons. The molecular weight excluding hydrogens is 302 g/mol. The highest BCUT2D eigenvalue weighted by Gasteiger charge is 2.31. The van der Waals surface area contributed by atoms with E-state index < -0.39 is 0 Å². The number of nitrogens with one attached hydrogen (secondary N) is 1. The first-order valence-corrected chi connectivity index (χ1v) is 8.43. The highest BCUT2D eigenvalue weighted by Crippen LogP contribution is 2.28. The SMILES string of the molecule is Cc1ccc([C@H](C(=O)N2CCC(c3ncn[nH]3)CC2)N(C)C)cc1. The smallest absolute Gasteiger partial charge is 0.244 e. The molecule has 1 aromatic heterocycles. The maximum absolute atomic E-state index is 13.1. The summed E-state index contributed by atoms with van der Waals surface area (Å²) in [5.41, 5.74) is 2.25. The summed E-state index contributed by atoms with van der Waals surface area (Å²) in [6.45, 7) is 3.59. The molecule has 2 heterocycles. The molecular formula is C18H25N5O. The third kappa shape index (κ3) is 3.48. The Balaban J connectivity index is 1.69. The Labute approximate surface area is 142 Å². The monoisotopic (exact) mass is 327 g/mol. The number of likely N-dealkylation sites (N-methyl/N-ethyl adjacent to an activating group) is 1. The number of carbonyl (C=O) groups is 1. The molecule has 1 aliphatic heterocycles. The number of aryl methyl sites for hydroxylation is 1. The van der Waals surface area contributed by atoms with Gasteiger partial charge in [-0.1, -0.05) is 29.8 Å². The Bertz CT molecular complexity index is 657. The topological polar surface area (TPSA) is 65.1 Å². The molecule has 1 amide bonds. The van der Waals surface area contributed by atoms with Crippen molar-refractivity contribution in [2.24, 2.45) is 0 Å². The molecule has 0 aliphatic carbocycles. The highest BCUT2D eigenvalue weighted by molar-refractivity contribution is 5.83. The number of amides is 1. The van der Waals surface area contributed by atoms with Gasteiger partial charge in [-0.3, -0.25) is 14.8 Å². The lowest BCUT2D eigenvalue weighted by Crippen LogP contribution is -2.44. The second-order valence-corrected chi connectivity index (χ2v) is 6.75. The summed E-state index contributed by atoms with van der Waals surface area (Å²) in [4.78, 5) is 21.3. The van der Waals surface area contributed by atoms with Gasteiger partial charge in [-0.05, 0) is 39.4 Å². The average Bonchev–Trinajstić information content (AvgIpc) is 3.11. The molecule has 128 valence electrons. The predicted octanol–water partition coefficient (Wildman–Crippen LogP) is 2.12. The Hall–Kier alpha value is -2.21. The van der Waals surface area contributed by atoms with Crippen LogP contribution in [0.4, 0.5) is 0 Å². The number of likely N-dealkylation sites (tertiary alicyclic amines) is 1. The van der Waals surface area contributed by atoms with E-state index in [2.05, 4.69) is 46.4 Å². The van der Waals surface area contributed by atoms with Gasteiger partial charge in [-0.2, -0.15) is 5.10 Å². The van der Waals surface area contributed by atoms with E-state index in [1.807, 2.05) is 23.9 Å². The Kier molecular flexibility index (Phi) is 4.94. The molecule has 3 rings (SSSR count). The molecule has 1 aromatic carbocycles. The zero-order valence-corrected chi connectivity index (χ0v) is 14.6. The Morgan fingerprint density at radius 3 is 2.46 bits per heavy atom. The van der Waals surface area contributed by atoms with Crippen molar-refractivity contribution in [3.63, 3.8) is 0 Å². The summed E-state index contributed by atoms with van der Waals surface area (Å²) in [6, 6.07) is 8.01. The van der Waals surface area contributed by atoms with Gasteiger partial charge in [0.1, 0.15) is 18.2 Å². The number of nitrogens with zero attached hydrogens (tertiary/aromatic N) is 4. The molecule has 0 spiro atoms. The molecule has 0 unspecified atom stereocenters. The lowest BCUT2D eigenvalue weighted by atomic mass is 9.94. The van der Waals surface area contributed by atoms with Crippen LogP contribution < -0.4 is 0 Å². The van der Waals surface area contributed by atoms with E-state index >= 15 is 0 Å². The lowest BCUT2D eigenvalue weighted by Gasteiger charge is -2.35. The van der Waals surface area contributed by atoms with Gasteiger partial charge in [-0.25, -0.2) is 4.98 Å². The van der Waals surface area contributed by atoms with Crippen LogP contribution in [-0.2, 0) is 4.79 Å². The number of hydrogen-bond acceptors (Lipinski definition) is 4. The third-order valence-corrected chi connectivity index (χ3v) is 4.77. The third-order valence-electron chi connectivity index (χ3n) is 4.77. The van der Waals surface area contributed by atoms with Crippen LogP contribution in [0.1, 0.15) is 41.8 Å². The molecule has 1 aliphatic rings. The summed E-state index contributed by atoms with van der Waals surface area (Å²) >= 11 is 0. The number of aromatic amines is 1. The molecule has 6 heteroatoms. The number of aromatic nitrogens is 3. The summed E-state index contributed by atoms with van der Waals surface area (Å²) in [7, 11) is 3.92. The lowest BCUT2D eigenvalue weighted by molar-refractivity contribution is -0.137. The molecule has 1 atom stereocenters. The summed E-state index contributed by atoms with van der Waals surface area (Å²) in [5.74, 6) is 1.48. The number of rotatable bonds is 4. The van der Waals surface area contributed by atoms with Crippen LogP contribution in [0.3, 0.4) is 0 Å². The largest absolute Gasteiger partial charge is 0.341 e. The molecule has 1 fully saturated rings. The maximum Gasteiger partial charge on any atom is 0.244 e. The van der Waals surface area contributed by atoms with Crippen molar-refractivity contribution in [2.45, 2.75) is 31.7 Å². The van der Waals surface area contributed by atoms with Gasteiger partial charge in [0.15, 0.2) is 0 Å². The fourth-order valence-electron chi connectivity index (χ4n) is 3.37. The second-order valence-electron chi connectivity index (χ2n) is 6.75. The van der Waals surface area contributed by atoms with E-state index in [0.29, 0.717) is 5.92 Å². The number of hydrogen-bond donors (Lipinski definition) is 1. The standard InChI is InChI=1S/C18H25N5O/c1-13-4-6-14(7-5-13)16(22(2)3)18(24)23-10-8-15(9-11-23)17-19-12-20-21-17/h4-7,12,15-16H,8-11H2,1-3H3,(H,19,20,21)/t16-/m1/s1. The van der Waals surface area contributed by atoms with Crippen LogP contribution in [0, 0.1) is 6.92 Å². The van der Waals surface area contributed by atoms with Crippen LogP contribution in [0.5, 0.6) is 0 Å². The molecule has 0 saturated carbocycles. The maximum atomic E-state index is 13.1. The fraction of sp³-hybridized carbons (Fsp3) is 0.500. The predicted molar refractivity (Wildman–Crippen MR) is 92.5 cm³/mol. The first-order chi connectivity index (χ1) is 11.6. The minimum atomic E-state index is -0.229. The van der Waals surface area contributed by atoms with Crippen molar-refractivity contribution in [3.8, 4) is 0 Å². The fourth-order valence-corrected chi connectivity index (χ4v) is 3.37. The number of H-pyrrole nitrogens is 1. The van der Waals surface area contributed by atoms with E-state index in [9.17, 15) is 4.79 Å². The Morgan fingerprint density at radius 2 is 1.92 bits per heavy atom. The van der Waals surface area contributed by atoms with Crippen molar-refractivity contribution in [2.75, 3.05) is 27.2 Å². The van der Waals surface area contributed by atoms with E-state index in [1.165, 1.54) is 5.56 Å². The minimum absolute atomic E-state index is 0.180. The van der Waals surface area contributed by atoms with Gasteiger partial charge in [0.05, 0.1) is 0 Å². The highest BCUT2D eigenvalue weighted by atomic mass is 16.2. The van der Waals surface area contributed by atoms with Crippen LogP contribution in [0.25, 0.3) is 0 Å². The van der Waals surface area contributed by atoms with Gasteiger partial charge >= 0.3 is 0 Å². The van der Waals surface area contributed by atoms with Crippen molar-refractivity contribution in [1.29, 1.82) is 0 Å². The quantitative estimate of drug-likeness (QED) is 0.934. The van der Waals surface area contributed by atoms with Gasteiger partial charge in [0, 0.05) is 19.0 Å². The van der Waals surface area contributed by atoms with Crippen LogP contribution >= 0.6 is 0 Å². The van der Waals surface area contributed by atoms with E-state index in [0.717, 1.165) is 37.3 Å². The number of piperidine rings is 1. The van der Waals surface area contributed by atoms with E-state index in [1.54, 1.807) is 6.33 Å². The first kappa shape index (κ1) is 16.6. The van der Waals surface area contributed by atoms with Gasteiger partial charge in [-0.15, -0.1) is 0 Å². The molecule has 24 heavy (non-hydrogen) atoms. The summed E-state index contributed by atoms with van der Waals surface area (Å²) in [5, 5.41) is 6.88. The molecule has 6 nitrogen and oxygen atoms in total. The summed E-state index contributed by atoms with van der Waals surface area (Å²) in [6.07, 6.45) is 3.40. The van der Waals surface area contributed by atoms with Crippen molar-refractivity contribution in [1.82, 2.24) is 25.0 Å². The average molecular weight is 327 g/mol. The van der Waals surface area contributed by atoms with Crippen LogP contribution in [0.15, 0.2) is 30.6 Å². The number of benzene rings is 1. The molecule has 2 aromatic rings. The second kappa shape index (κ2) is 7.13. The minimum Gasteiger partial charge on any atom is -0.341 e. The van der Waals surface area contributed by atoms with Crippen molar-refractivity contribution < 1.29 is 4.79 Å². The van der Waals surface area contributed by atoms with Gasteiger partial charge in [0.25, 0.3) is 0 Å². The zero-order chi connectivity index (χ0) is 17.1. The van der Waals surface area contributed by atoms with Crippen molar-refractivity contribution >= 4 is 5.91 Å². The van der Waals surface area contributed by atoms with E-state index in [4.69, 9.17) is 0 Å². The van der Waals surface area contributed by atoms with Crippen LogP contribution in [0.2, 0.25) is 0 Å². The molecule has 1 N–H and O–H groups in total. The van der Waals surface area contributed by atoms with Crippen LogP contribution in [-0.4, -0.2) is 58.1 Å². The normalized spacial score (nSPS) is 17.2. The summed E-state index contributed by atoms with van der Waals surface area (Å²) < 4.78 is 0. The van der Waals surface area contributed by atoms with Gasteiger partial charge in [0.2, 0.25) is 5.91 Å². The number of carbonyl (C=O) groups excluding carboxylic acids is 1. The first-order valence-electron chi connectivity index (χ1n) is 8.43. The van der Waals surface area contributed by atoms with Crippen molar-refractivity contribution in [3.05, 3.63) is 47.5 Å². The molecule has 0 bridgehead atoms.